The third-order valence-corrected chi connectivity index (χ3v) is 3.30. The van der Waals surface area contributed by atoms with Crippen molar-refractivity contribution in [3.8, 4) is 0 Å². The van der Waals surface area contributed by atoms with Gasteiger partial charge in [0.15, 0.2) is 6.20 Å². The van der Waals surface area contributed by atoms with E-state index < -0.39 is 0 Å². The van der Waals surface area contributed by atoms with Crippen LogP contribution < -0.4 is 9.47 Å². The standard InChI is InChI=1S/C17H21N2/c1-14-13-17(18(2)3)11-9-15(14)8-10-16-7-5-6-12-19(16)4/h5-13H,1-4H3/q+1. The average Bonchev–Trinajstić information content (AvgIpc) is 2.39. The first kappa shape index (κ1) is 13.3. The maximum atomic E-state index is 2.21. The SMILES string of the molecule is Cc1cc(N(C)C)ccc1/C=C/c1cccc[n+]1C. The largest absolute Gasteiger partial charge is 0.378 e. The molecule has 0 aliphatic rings. The van der Waals surface area contributed by atoms with Crippen molar-refractivity contribution in [2.45, 2.75) is 6.92 Å². The number of anilines is 1. The van der Waals surface area contributed by atoms with E-state index in [1.165, 1.54) is 22.5 Å². The van der Waals surface area contributed by atoms with Gasteiger partial charge in [0, 0.05) is 38.0 Å². The van der Waals surface area contributed by atoms with E-state index in [0.29, 0.717) is 0 Å². The zero-order chi connectivity index (χ0) is 13.8. The van der Waals surface area contributed by atoms with Crippen LogP contribution in [0.4, 0.5) is 5.69 Å². The summed E-state index contributed by atoms with van der Waals surface area (Å²) >= 11 is 0. The summed E-state index contributed by atoms with van der Waals surface area (Å²) in [7, 11) is 6.18. The zero-order valence-corrected chi connectivity index (χ0v) is 12.1. The lowest BCUT2D eigenvalue weighted by molar-refractivity contribution is -0.673. The Morgan fingerprint density at radius 2 is 1.84 bits per heavy atom. The minimum absolute atomic E-state index is 1.19. The van der Waals surface area contributed by atoms with Gasteiger partial charge in [-0.05, 0) is 42.3 Å². The van der Waals surface area contributed by atoms with Gasteiger partial charge in [0.2, 0.25) is 5.69 Å². The highest BCUT2D eigenvalue weighted by molar-refractivity contribution is 5.70. The molecule has 0 aliphatic heterocycles. The van der Waals surface area contributed by atoms with E-state index >= 15 is 0 Å². The van der Waals surface area contributed by atoms with Gasteiger partial charge in [-0.15, -0.1) is 0 Å². The number of rotatable bonds is 3. The fraction of sp³-hybridized carbons (Fsp3) is 0.235. The van der Waals surface area contributed by atoms with Crippen LogP contribution >= 0.6 is 0 Å². The van der Waals surface area contributed by atoms with Crippen molar-refractivity contribution in [2.24, 2.45) is 7.05 Å². The van der Waals surface area contributed by atoms with E-state index in [0.717, 1.165) is 0 Å². The highest BCUT2D eigenvalue weighted by atomic mass is 15.1. The summed E-state index contributed by atoms with van der Waals surface area (Å²) in [5.74, 6) is 0. The molecule has 0 atom stereocenters. The monoisotopic (exact) mass is 253 g/mol. The summed E-state index contributed by atoms with van der Waals surface area (Å²) in [5, 5.41) is 0. The minimum atomic E-state index is 1.19. The number of hydrogen-bond acceptors (Lipinski definition) is 1. The van der Waals surface area contributed by atoms with E-state index in [1.54, 1.807) is 0 Å². The molecule has 0 bridgehead atoms. The molecule has 2 rings (SSSR count). The molecule has 0 aliphatic carbocycles. The number of hydrogen-bond donors (Lipinski definition) is 0. The predicted octanol–water partition coefficient (Wildman–Crippen LogP) is 3.06. The summed E-state index contributed by atoms with van der Waals surface area (Å²) < 4.78 is 2.11. The van der Waals surface area contributed by atoms with Crippen LogP contribution in [0.5, 0.6) is 0 Å². The first-order valence-electron chi connectivity index (χ1n) is 6.48. The van der Waals surface area contributed by atoms with Crippen LogP contribution in [-0.4, -0.2) is 14.1 Å². The molecule has 0 radical (unpaired) electrons. The number of nitrogens with zero attached hydrogens (tertiary/aromatic N) is 2. The molecule has 2 heteroatoms. The van der Waals surface area contributed by atoms with Gasteiger partial charge in [-0.2, -0.15) is 0 Å². The Morgan fingerprint density at radius 1 is 1.05 bits per heavy atom. The summed E-state index contributed by atoms with van der Waals surface area (Å²) in [6.45, 7) is 2.15. The van der Waals surface area contributed by atoms with Crippen LogP contribution in [0, 0.1) is 6.92 Å². The number of aryl methyl sites for hydroxylation is 2. The van der Waals surface area contributed by atoms with Crippen molar-refractivity contribution in [1.29, 1.82) is 0 Å². The predicted molar refractivity (Wildman–Crippen MR) is 82.1 cm³/mol. The molecule has 19 heavy (non-hydrogen) atoms. The van der Waals surface area contributed by atoms with Crippen molar-refractivity contribution >= 4 is 17.8 Å². The minimum Gasteiger partial charge on any atom is -0.378 e. The summed E-state index contributed by atoms with van der Waals surface area (Å²) in [6.07, 6.45) is 6.38. The quantitative estimate of drug-likeness (QED) is 0.763. The second kappa shape index (κ2) is 5.70. The van der Waals surface area contributed by atoms with Crippen LogP contribution in [0.2, 0.25) is 0 Å². The molecule has 2 nitrogen and oxygen atoms in total. The molecule has 98 valence electrons. The Hall–Kier alpha value is -2.09. The molecule has 0 saturated heterocycles. The lowest BCUT2D eigenvalue weighted by Gasteiger charge is -2.13. The lowest BCUT2D eigenvalue weighted by atomic mass is 10.1. The molecule has 0 N–H and O–H groups in total. The van der Waals surface area contributed by atoms with Gasteiger partial charge < -0.3 is 4.90 Å². The Balaban J connectivity index is 2.27. The molecule has 0 unspecified atom stereocenters. The highest BCUT2D eigenvalue weighted by Crippen LogP contribution is 2.18. The van der Waals surface area contributed by atoms with E-state index in [9.17, 15) is 0 Å². The van der Waals surface area contributed by atoms with Crippen molar-refractivity contribution < 1.29 is 4.57 Å². The van der Waals surface area contributed by atoms with Crippen molar-refractivity contribution in [1.82, 2.24) is 0 Å². The van der Waals surface area contributed by atoms with Gasteiger partial charge in [0.25, 0.3) is 0 Å². The van der Waals surface area contributed by atoms with Crippen LogP contribution in [0.3, 0.4) is 0 Å². The summed E-state index contributed by atoms with van der Waals surface area (Å²) in [5.41, 5.74) is 4.98. The molecule has 1 aromatic carbocycles. The van der Waals surface area contributed by atoms with E-state index in [4.69, 9.17) is 0 Å². The normalized spacial score (nSPS) is 10.9. The lowest BCUT2D eigenvalue weighted by Crippen LogP contribution is -2.30. The molecular formula is C17H21N2+. The van der Waals surface area contributed by atoms with Crippen molar-refractivity contribution in [2.75, 3.05) is 19.0 Å². The van der Waals surface area contributed by atoms with E-state index in [-0.39, 0.29) is 0 Å². The van der Waals surface area contributed by atoms with Gasteiger partial charge in [0.1, 0.15) is 7.05 Å². The molecule has 0 fully saturated rings. The molecule has 0 amide bonds. The number of pyridine rings is 1. The average molecular weight is 253 g/mol. The smallest absolute Gasteiger partial charge is 0.204 e. The summed E-state index contributed by atoms with van der Waals surface area (Å²) in [4.78, 5) is 2.12. The zero-order valence-electron chi connectivity index (χ0n) is 12.1. The summed E-state index contributed by atoms with van der Waals surface area (Å²) in [6, 6.07) is 12.7. The first-order valence-corrected chi connectivity index (χ1v) is 6.48. The first-order chi connectivity index (χ1) is 9.08. The van der Waals surface area contributed by atoms with Crippen molar-refractivity contribution in [3.63, 3.8) is 0 Å². The molecule has 0 saturated carbocycles. The molecule has 0 spiro atoms. The van der Waals surface area contributed by atoms with Gasteiger partial charge in [-0.1, -0.05) is 6.07 Å². The van der Waals surface area contributed by atoms with Crippen molar-refractivity contribution in [3.05, 3.63) is 59.4 Å². The molecule has 1 aromatic heterocycles. The van der Waals surface area contributed by atoms with Crippen LogP contribution in [0.25, 0.3) is 12.2 Å². The van der Waals surface area contributed by atoms with E-state index in [1.807, 2.05) is 6.07 Å². The second-order valence-electron chi connectivity index (χ2n) is 5.01. The van der Waals surface area contributed by atoms with Crippen LogP contribution in [-0.2, 0) is 7.05 Å². The number of aromatic nitrogens is 1. The fourth-order valence-electron chi connectivity index (χ4n) is 2.01. The van der Waals surface area contributed by atoms with Gasteiger partial charge in [-0.25, -0.2) is 4.57 Å². The fourth-order valence-corrected chi connectivity index (χ4v) is 2.01. The van der Waals surface area contributed by atoms with Crippen LogP contribution in [0.1, 0.15) is 16.8 Å². The Bertz CT molecular complexity index is 598. The third kappa shape index (κ3) is 3.22. The molecule has 1 heterocycles. The number of benzene rings is 1. The maximum Gasteiger partial charge on any atom is 0.204 e. The van der Waals surface area contributed by atoms with Gasteiger partial charge in [0.05, 0.1) is 0 Å². The Labute approximate surface area is 115 Å². The van der Waals surface area contributed by atoms with Gasteiger partial charge in [-0.3, -0.25) is 0 Å². The van der Waals surface area contributed by atoms with E-state index in [2.05, 4.69) is 86.2 Å². The molecular weight excluding hydrogens is 232 g/mol. The maximum absolute atomic E-state index is 2.21. The molecule has 2 aromatic rings. The Morgan fingerprint density at radius 3 is 2.47 bits per heavy atom. The Kier molecular flexibility index (Phi) is 4.00. The van der Waals surface area contributed by atoms with Crippen LogP contribution in [0.15, 0.2) is 42.6 Å². The topological polar surface area (TPSA) is 7.12 Å². The third-order valence-electron chi connectivity index (χ3n) is 3.30. The van der Waals surface area contributed by atoms with Gasteiger partial charge >= 0.3 is 0 Å². The highest BCUT2D eigenvalue weighted by Gasteiger charge is 2.01. The second-order valence-corrected chi connectivity index (χ2v) is 5.01.